The fourth-order valence-corrected chi connectivity index (χ4v) is 2.06. The Balaban J connectivity index is 2.15. The molecular weight excluding hydrogens is 259 g/mol. The van der Waals surface area contributed by atoms with Gasteiger partial charge < -0.3 is 10.5 Å². The Morgan fingerprint density at radius 2 is 2.10 bits per heavy atom. The van der Waals surface area contributed by atoms with Gasteiger partial charge in [-0.05, 0) is 29.8 Å². The number of fused-ring (bicyclic) bond motifs is 1. The SMILES string of the molecule is COc1ccc2c(c1)nnn2-c1ccc(CN)cc1F. The lowest BCUT2D eigenvalue weighted by molar-refractivity contribution is 0.415. The molecule has 20 heavy (non-hydrogen) atoms. The van der Waals surface area contributed by atoms with E-state index in [0.717, 1.165) is 5.56 Å². The van der Waals surface area contributed by atoms with Crippen LogP contribution in [0.5, 0.6) is 5.75 Å². The van der Waals surface area contributed by atoms with Crippen molar-refractivity contribution in [1.82, 2.24) is 15.0 Å². The molecule has 0 radical (unpaired) electrons. The molecule has 102 valence electrons. The second-order valence-corrected chi connectivity index (χ2v) is 4.35. The number of aromatic nitrogens is 3. The van der Waals surface area contributed by atoms with Gasteiger partial charge in [0, 0.05) is 12.6 Å². The first-order chi connectivity index (χ1) is 9.72. The van der Waals surface area contributed by atoms with E-state index in [1.165, 1.54) is 10.7 Å². The molecule has 1 aromatic heterocycles. The van der Waals surface area contributed by atoms with Crippen molar-refractivity contribution in [1.29, 1.82) is 0 Å². The Hall–Kier alpha value is -2.47. The maximum atomic E-state index is 14.1. The van der Waals surface area contributed by atoms with Crippen molar-refractivity contribution in [2.24, 2.45) is 5.73 Å². The molecule has 0 atom stereocenters. The van der Waals surface area contributed by atoms with Gasteiger partial charge in [-0.1, -0.05) is 11.3 Å². The fourth-order valence-electron chi connectivity index (χ4n) is 2.06. The highest BCUT2D eigenvalue weighted by atomic mass is 19.1. The molecule has 5 nitrogen and oxygen atoms in total. The van der Waals surface area contributed by atoms with Crippen LogP contribution in [0.2, 0.25) is 0 Å². The van der Waals surface area contributed by atoms with Gasteiger partial charge in [0.05, 0.1) is 12.6 Å². The van der Waals surface area contributed by atoms with Crippen molar-refractivity contribution in [2.75, 3.05) is 7.11 Å². The molecule has 3 rings (SSSR count). The molecule has 0 saturated carbocycles. The van der Waals surface area contributed by atoms with Crippen LogP contribution in [0.25, 0.3) is 16.7 Å². The topological polar surface area (TPSA) is 66.0 Å². The highest BCUT2D eigenvalue weighted by Gasteiger charge is 2.11. The summed E-state index contributed by atoms with van der Waals surface area (Å²) in [6.07, 6.45) is 0. The monoisotopic (exact) mass is 272 g/mol. The zero-order valence-corrected chi connectivity index (χ0v) is 10.9. The third-order valence-electron chi connectivity index (χ3n) is 3.13. The molecule has 0 amide bonds. The summed E-state index contributed by atoms with van der Waals surface area (Å²) in [5.74, 6) is 0.305. The van der Waals surface area contributed by atoms with E-state index in [2.05, 4.69) is 10.3 Å². The smallest absolute Gasteiger partial charge is 0.149 e. The molecule has 0 aliphatic rings. The van der Waals surface area contributed by atoms with E-state index < -0.39 is 0 Å². The number of nitrogens with two attached hydrogens (primary N) is 1. The largest absolute Gasteiger partial charge is 0.497 e. The predicted octanol–water partition coefficient (Wildman–Crippen LogP) is 2.03. The summed E-state index contributed by atoms with van der Waals surface area (Å²) in [6.45, 7) is 0.298. The third kappa shape index (κ3) is 2.00. The zero-order valence-electron chi connectivity index (χ0n) is 10.9. The Bertz CT molecular complexity index is 769. The van der Waals surface area contributed by atoms with Crippen LogP contribution in [0.15, 0.2) is 36.4 Å². The van der Waals surface area contributed by atoms with Crippen molar-refractivity contribution in [3.05, 3.63) is 47.8 Å². The average molecular weight is 272 g/mol. The molecule has 0 unspecified atom stereocenters. The lowest BCUT2D eigenvalue weighted by Gasteiger charge is -2.06. The van der Waals surface area contributed by atoms with Gasteiger partial charge in [-0.25, -0.2) is 9.07 Å². The van der Waals surface area contributed by atoms with Crippen molar-refractivity contribution in [3.63, 3.8) is 0 Å². The van der Waals surface area contributed by atoms with E-state index in [4.69, 9.17) is 10.5 Å². The Labute approximate surface area is 114 Å². The summed E-state index contributed by atoms with van der Waals surface area (Å²) >= 11 is 0. The maximum absolute atomic E-state index is 14.1. The first-order valence-corrected chi connectivity index (χ1v) is 6.11. The molecule has 0 aliphatic carbocycles. The number of methoxy groups -OCH3 is 1. The van der Waals surface area contributed by atoms with E-state index in [1.54, 1.807) is 37.4 Å². The van der Waals surface area contributed by atoms with Gasteiger partial charge in [0.2, 0.25) is 0 Å². The second-order valence-electron chi connectivity index (χ2n) is 4.35. The van der Waals surface area contributed by atoms with Gasteiger partial charge in [0.25, 0.3) is 0 Å². The van der Waals surface area contributed by atoms with Gasteiger partial charge in [0.15, 0.2) is 0 Å². The molecule has 2 N–H and O–H groups in total. The molecule has 0 saturated heterocycles. The Morgan fingerprint density at radius 3 is 2.80 bits per heavy atom. The van der Waals surface area contributed by atoms with E-state index in [1.807, 2.05) is 0 Å². The summed E-state index contributed by atoms with van der Waals surface area (Å²) < 4.78 is 20.7. The van der Waals surface area contributed by atoms with E-state index >= 15 is 0 Å². The highest BCUT2D eigenvalue weighted by Crippen LogP contribution is 2.23. The Kier molecular flexibility index (Phi) is 3.08. The number of rotatable bonds is 3. The average Bonchev–Trinajstić information content (AvgIpc) is 2.89. The number of hydrogen-bond donors (Lipinski definition) is 1. The standard InChI is InChI=1S/C14H13FN4O/c1-20-10-3-5-14-12(7-10)17-18-19(14)13-4-2-9(8-16)6-11(13)15/h2-7H,8,16H2,1H3. The lowest BCUT2D eigenvalue weighted by Crippen LogP contribution is -2.03. The van der Waals surface area contributed by atoms with Crippen LogP contribution in [0, 0.1) is 5.82 Å². The number of benzene rings is 2. The fraction of sp³-hybridized carbons (Fsp3) is 0.143. The number of hydrogen-bond acceptors (Lipinski definition) is 4. The molecular formula is C14H13FN4O. The van der Waals surface area contributed by atoms with Crippen LogP contribution in [0.4, 0.5) is 4.39 Å². The van der Waals surface area contributed by atoms with Crippen molar-refractivity contribution >= 4 is 11.0 Å². The van der Waals surface area contributed by atoms with Gasteiger partial charge in [-0.15, -0.1) is 5.10 Å². The van der Waals surface area contributed by atoms with Crippen LogP contribution in [-0.2, 0) is 6.54 Å². The summed E-state index contributed by atoms with van der Waals surface area (Å²) in [6, 6.07) is 10.2. The van der Waals surface area contributed by atoms with Crippen LogP contribution in [0.3, 0.4) is 0 Å². The number of halogens is 1. The van der Waals surface area contributed by atoms with E-state index in [-0.39, 0.29) is 5.82 Å². The summed E-state index contributed by atoms with van der Waals surface area (Å²) in [5.41, 5.74) is 7.93. The zero-order chi connectivity index (χ0) is 14.1. The number of ether oxygens (including phenoxy) is 1. The molecule has 0 bridgehead atoms. The highest BCUT2D eigenvalue weighted by molar-refractivity contribution is 5.77. The normalized spacial score (nSPS) is 10.9. The van der Waals surface area contributed by atoms with Gasteiger partial charge in [-0.3, -0.25) is 0 Å². The number of nitrogens with zero attached hydrogens (tertiary/aromatic N) is 3. The van der Waals surface area contributed by atoms with E-state index in [9.17, 15) is 4.39 Å². The van der Waals surface area contributed by atoms with Crippen LogP contribution in [0.1, 0.15) is 5.56 Å². The molecule has 2 aromatic carbocycles. The summed E-state index contributed by atoms with van der Waals surface area (Å²) in [7, 11) is 1.58. The quantitative estimate of drug-likeness (QED) is 0.792. The molecule has 0 spiro atoms. The van der Waals surface area contributed by atoms with Crippen molar-refractivity contribution < 1.29 is 9.13 Å². The van der Waals surface area contributed by atoms with Gasteiger partial charge >= 0.3 is 0 Å². The summed E-state index contributed by atoms with van der Waals surface area (Å²) in [4.78, 5) is 0. The van der Waals surface area contributed by atoms with Crippen LogP contribution in [-0.4, -0.2) is 22.1 Å². The minimum atomic E-state index is -0.379. The molecule has 0 aliphatic heterocycles. The minimum Gasteiger partial charge on any atom is -0.497 e. The minimum absolute atomic E-state index is 0.298. The predicted molar refractivity (Wildman–Crippen MR) is 73.3 cm³/mol. The maximum Gasteiger partial charge on any atom is 0.149 e. The molecule has 6 heteroatoms. The first kappa shape index (κ1) is 12.6. The van der Waals surface area contributed by atoms with Crippen LogP contribution < -0.4 is 10.5 Å². The summed E-state index contributed by atoms with van der Waals surface area (Å²) in [5, 5.41) is 8.03. The second kappa shape index (κ2) is 4.90. The van der Waals surface area contributed by atoms with E-state index in [0.29, 0.717) is 29.0 Å². The molecule has 0 fully saturated rings. The van der Waals surface area contributed by atoms with Gasteiger partial charge in [-0.2, -0.15) is 0 Å². The van der Waals surface area contributed by atoms with Crippen molar-refractivity contribution in [2.45, 2.75) is 6.54 Å². The van der Waals surface area contributed by atoms with Gasteiger partial charge in [0.1, 0.15) is 22.8 Å². The lowest BCUT2D eigenvalue weighted by atomic mass is 10.2. The first-order valence-electron chi connectivity index (χ1n) is 6.11. The molecule has 3 aromatic rings. The Morgan fingerprint density at radius 1 is 1.25 bits per heavy atom. The molecule has 1 heterocycles. The third-order valence-corrected chi connectivity index (χ3v) is 3.13. The van der Waals surface area contributed by atoms with Crippen molar-refractivity contribution in [3.8, 4) is 11.4 Å². The van der Waals surface area contributed by atoms with Crippen LogP contribution >= 0.6 is 0 Å².